The Morgan fingerprint density at radius 1 is 0.929 bits per heavy atom. The molecule has 1 N–H and O–H groups in total. The van der Waals surface area contributed by atoms with Gasteiger partial charge in [-0.05, 0) is 61.2 Å². The molecule has 3 aromatic rings. The molecule has 7 nitrogen and oxygen atoms in total. The molecule has 3 rings (SSSR count). The van der Waals surface area contributed by atoms with Gasteiger partial charge in [-0.2, -0.15) is 13.2 Å². The molecule has 0 saturated carbocycles. The van der Waals surface area contributed by atoms with E-state index in [1.54, 1.807) is 19.1 Å². The van der Waals surface area contributed by atoms with E-state index < -0.39 is 40.3 Å². The number of benzene rings is 3. The van der Waals surface area contributed by atoms with Gasteiger partial charge in [-0.3, -0.25) is 13.9 Å². The maximum Gasteiger partial charge on any atom is 0.416 e. The van der Waals surface area contributed by atoms with Gasteiger partial charge in [0.1, 0.15) is 12.6 Å². The van der Waals surface area contributed by atoms with Crippen LogP contribution in [-0.2, 0) is 32.3 Å². The number of hydrogen-bond acceptors (Lipinski definition) is 4. The molecule has 0 fully saturated rings. The zero-order valence-electron chi connectivity index (χ0n) is 23.9. The molecule has 3 aromatic carbocycles. The van der Waals surface area contributed by atoms with Gasteiger partial charge in [0.25, 0.3) is 10.0 Å². The van der Waals surface area contributed by atoms with Gasteiger partial charge in [-0.1, -0.05) is 68.8 Å². The lowest BCUT2D eigenvalue weighted by Gasteiger charge is -2.33. The van der Waals surface area contributed by atoms with Gasteiger partial charge in [0.05, 0.1) is 16.1 Å². The molecule has 0 aliphatic carbocycles. The minimum Gasteiger partial charge on any atom is -0.354 e. The average molecular weight is 604 g/mol. The van der Waals surface area contributed by atoms with Gasteiger partial charge in [-0.15, -0.1) is 0 Å². The fourth-order valence-corrected chi connectivity index (χ4v) is 5.91. The number of sulfonamides is 1. The maximum atomic E-state index is 14.1. The van der Waals surface area contributed by atoms with Gasteiger partial charge in [0, 0.05) is 13.1 Å². The first-order valence-electron chi connectivity index (χ1n) is 13.8. The number of carbonyl (C=O) groups is 2. The first kappa shape index (κ1) is 32.7. The summed E-state index contributed by atoms with van der Waals surface area (Å²) in [6, 6.07) is 17.4. The molecule has 11 heteroatoms. The lowest BCUT2D eigenvalue weighted by Crippen LogP contribution is -2.52. The summed E-state index contributed by atoms with van der Waals surface area (Å²) >= 11 is 0. The van der Waals surface area contributed by atoms with Crippen LogP contribution in [-0.4, -0.2) is 44.3 Å². The minimum absolute atomic E-state index is 0.00697. The Kier molecular flexibility index (Phi) is 11.2. The number of unbranched alkanes of at least 4 members (excludes halogenated alkanes) is 1. The number of aryl methyl sites for hydroxylation is 1. The van der Waals surface area contributed by atoms with Crippen molar-refractivity contribution in [1.82, 2.24) is 10.2 Å². The molecule has 1 atom stereocenters. The van der Waals surface area contributed by atoms with Crippen LogP contribution in [0.3, 0.4) is 0 Å². The van der Waals surface area contributed by atoms with Crippen LogP contribution in [0.25, 0.3) is 0 Å². The van der Waals surface area contributed by atoms with Gasteiger partial charge in [0.15, 0.2) is 0 Å². The molecule has 0 aliphatic rings. The van der Waals surface area contributed by atoms with Crippen molar-refractivity contribution in [3.8, 4) is 0 Å². The Hall–Kier alpha value is -3.86. The van der Waals surface area contributed by atoms with E-state index in [1.807, 2.05) is 32.0 Å². The third-order valence-electron chi connectivity index (χ3n) is 6.89. The van der Waals surface area contributed by atoms with Crippen molar-refractivity contribution in [1.29, 1.82) is 0 Å². The molecule has 2 amide bonds. The van der Waals surface area contributed by atoms with Crippen LogP contribution in [0.5, 0.6) is 0 Å². The number of nitrogens with zero attached hydrogens (tertiary/aromatic N) is 2. The van der Waals surface area contributed by atoms with E-state index in [-0.39, 0.29) is 29.5 Å². The van der Waals surface area contributed by atoms with Crippen LogP contribution in [0, 0.1) is 6.92 Å². The molecular weight excluding hydrogens is 567 g/mol. The summed E-state index contributed by atoms with van der Waals surface area (Å²) in [6.45, 7) is 5.18. The highest BCUT2D eigenvalue weighted by Crippen LogP contribution is 2.33. The SMILES string of the molecule is CCCCNC(=O)[C@H](CC)N(Cc1ccccc1C)C(=O)CN(c1cccc(C(F)(F)F)c1)S(=O)(=O)c1ccccc1. The third kappa shape index (κ3) is 8.12. The molecule has 0 bridgehead atoms. The lowest BCUT2D eigenvalue weighted by atomic mass is 10.1. The van der Waals surface area contributed by atoms with Crippen molar-refractivity contribution in [3.63, 3.8) is 0 Å². The number of halogens is 3. The fourth-order valence-electron chi connectivity index (χ4n) is 4.48. The number of rotatable bonds is 13. The topological polar surface area (TPSA) is 86.8 Å². The smallest absolute Gasteiger partial charge is 0.354 e. The first-order valence-corrected chi connectivity index (χ1v) is 15.2. The summed E-state index contributed by atoms with van der Waals surface area (Å²) in [5.41, 5.74) is 0.239. The Bertz CT molecular complexity index is 1460. The van der Waals surface area contributed by atoms with Crippen LogP contribution in [0.15, 0.2) is 83.8 Å². The minimum atomic E-state index is -4.73. The van der Waals surface area contributed by atoms with E-state index in [4.69, 9.17) is 0 Å². The Labute approximate surface area is 245 Å². The van der Waals surface area contributed by atoms with Gasteiger partial charge >= 0.3 is 6.18 Å². The highest BCUT2D eigenvalue weighted by molar-refractivity contribution is 7.92. The van der Waals surface area contributed by atoms with Crippen molar-refractivity contribution in [2.24, 2.45) is 0 Å². The second-order valence-electron chi connectivity index (χ2n) is 9.89. The second kappa shape index (κ2) is 14.4. The standard InChI is InChI=1S/C31H36F3N3O4S/c1-4-6-19-35-30(39)28(5-2)36(21-24-14-11-10-13-23(24)3)29(38)22-37(42(40,41)27-17-8-7-9-18-27)26-16-12-15-25(20-26)31(32,33)34/h7-18,20,28H,4-6,19,21-22H2,1-3H3,(H,35,39)/t28-/m0/s1. The molecule has 0 aromatic heterocycles. The number of hydrogen-bond donors (Lipinski definition) is 1. The summed E-state index contributed by atoms with van der Waals surface area (Å²) in [4.78, 5) is 28.4. The molecule has 0 radical (unpaired) electrons. The maximum absolute atomic E-state index is 14.1. The summed E-state index contributed by atoms with van der Waals surface area (Å²) < 4.78 is 69.1. The van der Waals surface area contributed by atoms with Crippen molar-refractivity contribution in [2.75, 3.05) is 17.4 Å². The zero-order chi connectivity index (χ0) is 30.9. The highest BCUT2D eigenvalue weighted by atomic mass is 32.2. The largest absolute Gasteiger partial charge is 0.416 e. The molecule has 0 saturated heterocycles. The number of anilines is 1. The van der Waals surface area contributed by atoms with Crippen molar-refractivity contribution in [2.45, 2.75) is 63.7 Å². The van der Waals surface area contributed by atoms with E-state index >= 15 is 0 Å². The van der Waals surface area contributed by atoms with Gasteiger partial charge < -0.3 is 10.2 Å². The third-order valence-corrected chi connectivity index (χ3v) is 8.68. The molecular formula is C31H36F3N3O4S. The predicted octanol–water partition coefficient (Wildman–Crippen LogP) is 5.93. The van der Waals surface area contributed by atoms with Crippen LogP contribution in [0.4, 0.5) is 18.9 Å². The van der Waals surface area contributed by atoms with Crippen LogP contribution in [0.2, 0.25) is 0 Å². The quantitative estimate of drug-likeness (QED) is 0.245. The lowest BCUT2D eigenvalue weighted by molar-refractivity contribution is -0.140. The van der Waals surface area contributed by atoms with E-state index in [9.17, 15) is 31.2 Å². The van der Waals surface area contributed by atoms with Crippen LogP contribution in [0.1, 0.15) is 49.8 Å². The molecule has 0 unspecified atom stereocenters. The first-order chi connectivity index (χ1) is 19.9. The van der Waals surface area contributed by atoms with Gasteiger partial charge in [-0.25, -0.2) is 8.42 Å². The molecule has 42 heavy (non-hydrogen) atoms. The molecule has 0 heterocycles. The molecule has 0 spiro atoms. The van der Waals surface area contributed by atoms with Crippen LogP contribution >= 0.6 is 0 Å². The number of alkyl halides is 3. The zero-order valence-corrected chi connectivity index (χ0v) is 24.7. The van der Waals surface area contributed by atoms with Crippen molar-refractivity contribution >= 4 is 27.5 Å². The monoisotopic (exact) mass is 603 g/mol. The fraction of sp³-hybridized carbons (Fsp3) is 0.355. The number of carbonyl (C=O) groups excluding carboxylic acids is 2. The number of amides is 2. The summed E-state index contributed by atoms with van der Waals surface area (Å²) in [6.07, 6.45) is -2.90. The summed E-state index contributed by atoms with van der Waals surface area (Å²) in [5.74, 6) is -1.11. The van der Waals surface area contributed by atoms with Crippen molar-refractivity contribution < 1.29 is 31.2 Å². The second-order valence-corrected chi connectivity index (χ2v) is 11.8. The Balaban J connectivity index is 2.09. The predicted molar refractivity (Wildman–Crippen MR) is 156 cm³/mol. The molecule has 226 valence electrons. The van der Waals surface area contributed by atoms with E-state index in [2.05, 4.69) is 5.32 Å². The highest BCUT2D eigenvalue weighted by Gasteiger charge is 2.36. The summed E-state index contributed by atoms with van der Waals surface area (Å²) in [7, 11) is -4.48. The van der Waals surface area contributed by atoms with E-state index in [0.29, 0.717) is 16.9 Å². The van der Waals surface area contributed by atoms with Crippen LogP contribution < -0.4 is 9.62 Å². The van der Waals surface area contributed by atoms with Crippen molar-refractivity contribution in [3.05, 3.63) is 95.6 Å². The normalized spacial score (nSPS) is 12.4. The Morgan fingerprint density at radius 2 is 1.60 bits per heavy atom. The Morgan fingerprint density at radius 3 is 2.21 bits per heavy atom. The molecule has 0 aliphatic heterocycles. The summed E-state index contributed by atoms with van der Waals surface area (Å²) in [5, 5.41) is 2.85. The average Bonchev–Trinajstić information content (AvgIpc) is 2.96. The van der Waals surface area contributed by atoms with E-state index in [1.165, 1.54) is 35.2 Å². The van der Waals surface area contributed by atoms with Gasteiger partial charge in [0.2, 0.25) is 11.8 Å². The van der Waals surface area contributed by atoms with E-state index in [0.717, 1.165) is 36.1 Å². The number of nitrogens with one attached hydrogen (secondary N) is 1.